The molecular weight excluding hydrogens is 426 g/mol. The van der Waals surface area contributed by atoms with Crippen LogP contribution in [-0.2, 0) is 4.79 Å². The van der Waals surface area contributed by atoms with Crippen molar-refractivity contribution >= 4 is 29.1 Å². The van der Waals surface area contributed by atoms with Gasteiger partial charge in [0.1, 0.15) is 11.2 Å². The number of hydrogen-bond donors (Lipinski definition) is 0. The van der Waals surface area contributed by atoms with E-state index in [-0.39, 0.29) is 17.3 Å². The van der Waals surface area contributed by atoms with E-state index in [0.29, 0.717) is 16.9 Å². The molecule has 3 aromatic carbocycles. The summed E-state index contributed by atoms with van der Waals surface area (Å²) in [5, 5.41) is 0. The molecule has 1 saturated heterocycles. The van der Waals surface area contributed by atoms with Crippen molar-refractivity contribution in [3.05, 3.63) is 101 Å². The summed E-state index contributed by atoms with van der Waals surface area (Å²) in [4.78, 5) is 43.9. The minimum atomic E-state index is -1.43. The van der Waals surface area contributed by atoms with E-state index in [2.05, 4.69) is 0 Å². The number of nitrogens with zero attached hydrogens (tertiary/aromatic N) is 1. The molecule has 0 saturated carbocycles. The molecule has 0 amide bonds. The second kappa shape index (κ2) is 7.26. The number of fused-ring (bicyclic) bond motifs is 5. The van der Waals surface area contributed by atoms with E-state index in [1.807, 2.05) is 65.6 Å². The molecule has 2 aliphatic heterocycles. The van der Waals surface area contributed by atoms with Gasteiger partial charge in [0.2, 0.25) is 0 Å². The number of carbonyl (C=O) groups is 3. The molecule has 168 valence electrons. The second-order valence-corrected chi connectivity index (χ2v) is 9.15. The summed E-state index contributed by atoms with van der Waals surface area (Å²) in [6, 6.07) is 21.0. The van der Waals surface area contributed by atoms with E-state index in [4.69, 9.17) is 4.74 Å². The van der Waals surface area contributed by atoms with Crippen LogP contribution in [0.1, 0.15) is 44.7 Å². The van der Waals surface area contributed by atoms with Gasteiger partial charge in [0, 0.05) is 22.7 Å². The maximum atomic E-state index is 14.3. The van der Waals surface area contributed by atoms with Crippen LogP contribution < -0.4 is 9.64 Å². The first-order chi connectivity index (χ1) is 16.5. The lowest BCUT2D eigenvalue weighted by atomic mass is 9.64. The SMILES string of the molecule is COc1ccc([C@H]2[C@H](C(C)=O)N3c4ccccc4C=CC3C23C(=O)c2ccccc2C3=O)cc1. The smallest absolute Gasteiger partial charge is 0.180 e. The van der Waals surface area contributed by atoms with Crippen molar-refractivity contribution in [2.24, 2.45) is 5.41 Å². The number of ketones is 3. The molecule has 1 spiro atoms. The fourth-order valence-corrected chi connectivity index (χ4v) is 6.25. The number of hydrogen-bond acceptors (Lipinski definition) is 5. The van der Waals surface area contributed by atoms with E-state index in [1.54, 1.807) is 38.3 Å². The first kappa shape index (κ1) is 20.6. The van der Waals surface area contributed by atoms with Crippen molar-refractivity contribution in [1.82, 2.24) is 0 Å². The number of methoxy groups -OCH3 is 1. The molecule has 5 nitrogen and oxygen atoms in total. The Morgan fingerprint density at radius 2 is 1.50 bits per heavy atom. The van der Waals surface area contributed by atoms with Crippen molar-refractivity contribution < 1.29 is 19.1 Å². The van der Waals surface area contributed by atoms with Gasteiger partial charge in [-0.25, -0.2) is 0 Å². The largest absolute Gasteiger partial charge is 0.497 e. The highest BCUT2D eigenvalue weighted by Gasteiger charge is 2.71. The number of rotatable bonds is 3. The van der Waals surface area contributed by atoms with Crippen LogP contribution in [0.15, 0.2) is 78.9 Å². The van der Waals surface area contributed by atoms with Crippen LogP contribution in [-0.4, -0.2) is 36.5 Å². The Morgan fingerprint density at radius 3 is 2.12 bits per heavy atom. The minimum absolute atomic E-state index is 0.0793. The maximum Gasteiger partial charge on any atom is 0.180 e. The van der Waals surface area contributed by atoms with E-state index in [1.165, 1.54) is 0 Å². The van der Waals surface area contributed by atoms with Gasteiger partial charge in [0.15, 0.2) is 17.3 Å². The zero-order chi connectivity index (χ0) is 23.6. The monoisotopic (exact) mass is 449 g/mol. The lowest BCUT2D eigenvalue weighted by Gasteiger charge is -2.37. The first-order valence-electron chi connectivity index (χ1n) is 11.4. The highest BCUT2D eigenvalue weighted by molar-refractivity contribution is 6.32. The van der Waals surface area contributed by atoms with Crippen molar-refractivity contribution in [3.8, 4) is 5.75 Å². The quantitative estimate of drug-likeness (QED) is 0.542. The van der Waals surface area contributed by atoms with Crippen molar-refractivity contribution in [2.45, 2.75) is 24.9 Å². The number of anilines is 1. The lowest BCUT2D eigenvalue weighted by Crippen LogP contribution is -2.48. The van der Waals surface area contributed by atoms with Crippen LogP contribution in [0.4, 0.5) is 5.69 Å². The van der Waals surface area contributed by atoms with Crippen LogP contribution in [0.25, 0.3) is 6.08 Å². The van der Waals surface area contributed by atoms with Crippen LogP contribution in [0, 0.1) is 5.41 Å². The summed E-state index contributed by atoms with van der Waals surface area (Å²) in [7, 11) is 1.59. The molecule has 1 aliphatic carbocycles. The van der Waals surface area contributed by atoms with Crippen LogP contribution >= 0.6 is 0 Å². The van der Waals surface area contributed by atoms with Crippen molar-refractivity contribution in [1.29, 1.82) is 0 Å². The number of ether oxygens (including phenoxy) is 1. The minimum Gasteiger partial charge on any atom is -0.497 e. The van der Waals surface area contributed by atoms with E-state index in [0.717, 1.165) is 16.8 Å². The molecule has 0 N–H and O–H groups in total. The third-order valence-electron chi connectivity index (χ3n) is 7.60. The fraction of sp³-hybridized carbons (Fsp3) is 0.207. The Kier molecular flexibility index (Phi) is 4.40. The summed E-state index contributed by atoms with van der Waals surface area (Å²) in [6.45, 7) is 1.55. The van der Waals surface area contributed by atoms with Gasteiger partial charge >= 0.3 is 0 Å². The van der Waals surface area contributed by atoms with Crippen LogP contribution in [0.5, 0.6) is 5.75 Å². The summed E-state index contributed by atoms with van der Waals surface area (Å²) >= 11 is 0. The Morgan fingerprint density at radius 1 is 0.882 bits per heavy atom. The Bertz CT molecular complexity index is 1350. The molecule has 3 aromatic rings. The predicted molar refractivity (Wildman–Crippen MR) is 129 cm³/mol. The molecule has 0 radical (unpaired) electrons. The summed E-state index contributed by atoms with van der Waals surface area (Å²) in [5.74, 6) is -0.479. The second-order valence-electron chi connectivity index (χ2n) is 9.15. The van der Waals surface area contributed by atoms with Gasteiger partial charge in [-0.3, -0.25) is 14.4 Å². The van der Waals surface area contributed by atoms with Gasteiger partial charge in [0.25, 0.3) is 0 Å². The highest BCUT2D eigenvalue weighted by Crippen LogP contribution is 2.60. The molecule has 5 heteroatoms. The summed E-state index contributed by atoms with van der Waals surface area (Å²) < 4.78 is 5.33. The van der Waals surface area contributed by atoms with Gasteiger partial charge in [-0.1, -0.05) is 66.7 Å². The Labute approximate surface area is 197 Å². The fourth-order valence-electron chi connectivity index (χ4n) is 6.25. The average Bonchev–Trinajstić information content (AvgIpc) is 3.31. The highest BCUT2D eigenvalue weighted by atomic mass is 16.5. The third-order valence-corrected chi connectivity index (χ3v) is 7.60. The standard InChI is InChI=1S/C29H23NO4/c1-17(31)26-25(19-11-14-20(34-2)15-12-19)29(27(32)21-8-4-5-9-22(21)28(29)33)24-16-13-18-7-3-6-10-23(18)30(24)26/h3-16,24-26H,1-2H3/t24?,25-,26-/m0/s1. The molecule has 0 bridgehead atoms. The lowest BCUT2D eigenvalue weighted by molar-refractivity contribution is -0.118. The normalized spacial score (nSPS) is 23.6. The van der Waals surface area contributed by atoms with Crippen LogP contribution in [0.2, 0.25) is 0 Å². The van der Waals surface area contributed by atoms with E-state index in [9.17, 15) is 14.4 Å². The molecular formula is C29H23NO4. The summed E-state index contributed by atoms with van der Waals surface area (Å²) in [5.41, 5.74) is 2.03. The Balaban J connectivity index is 1.66. The number of para-hydroxylation sites is 1. The molecule has 2 heterocycles. The predicted octanol–water partition coefficient (Wildman–Crippen LogP) is 4.72. The van der Waals surface area contributed by atoms with Crippen LogP contribution in [0.3, 0.4) is 0 Å². The van der Waals surface area contributed by atoms with E-state index >= 15 is 0 Å². The van der Waals surface area contributed by atoms with Gasteiger partial charge in [-0.15, -0.1) is 0 Å². The van der Waals surface area contributed by atoms with Gasteiger partial charge in [-0.05, 0) is 36.2 Å². The molecule has 34 heavy (non-hydrogen) atoms. The number of Topliss-reactive ketones (excluding diaryl/α,β-unsaturated/α-hetero) is 3. The molecule has 1 fully saturated rings. The first-order valence-corrected chi connectivity index (χ1v) is 11.4. The zero-order valence-corrected chi connectivity index (χ0v) is 18.9. The zero-order valence-electron chi connectivity index (χ0n) is 18.9. The molecule has 0 aromatic heterocycles. The third kappa shape index (κ3) is 2.47. The van der Waals surface area contributed by atoms with Gasteiger partial charge in [-0.2, -0.15) is 0 Å². The molecule has 3 aliphatic rings. The molecule has 6 rings (SSSR count). The maximum absolute atomic E-state index is 14.3. The molecule has 3 atom stereocenters. The van der Waals surface area contributed by atoms with E-state index < -0.39 is 23.4 Å². The Hall–Kier alpha value is -3.99. The van der Waals surface area contributed by atoms with Gasteiger partial charge in [0.05, 0.1) is 19.2 Å². The van der Waals surface area contributed by atoms with Crippen molar-refractivity contribution in [2.75, 3.05) is 12.0 Å². The topological polar surface area (TPSA) is 63.7 Å². The van der Waals surface area contributed by atoms with Crippen molar-refractivity contribution in [3.63, 3.8) is 0 Å². The molecule has 1 unspecified atom stereocenters. The van der Waals surface area contributed by atoms with Gasteiger partial charge < -0.3 is 9.64 Å². The number of benzene rings is 3. The average molecular weight is 450 g/mol. The summed E-state index contributed by atoms with van der Waals surface area (Å²) in [6.07, 6.45) is 3.90. The number of carbonyl (C=O) groups excluding carboxylic acids is 3.